The van der Waals surface area contributed by atoms with Crippen molar-refractivity contribution in [2.24, 2.45) is 0 Å². The molecule has 0 heterocycles. The third kappa shape index (κ3) is 4.16. The Morgan fingerprint density at radius 1 is 1.38 bits per heavy atom. The van der Waals surface area contributed by atoms with Gasteiger partial charge in [0, 0.05) is 28.7 Å². The van der Waals surface area contributed by atoms with Crippen LogP contribution in [0.2, 0.25) is 5.02 Å². The number of hydrogen-bond acceptors (Lipinski definition) is 3. The first kappa shape index (κ1) is 16.7. The van der Waals surface area contributed by atoms with Crippen LogP contribution in [0.1, 0.15) is 39.2 Å². The highest BCUT2D eigenvalue weighted by Gasteiger charge is 2.42. The molecule has 0 unspecified atom stereocenters. The Morgan fingerprint density at radius 3 is 2.52 bits per heavy atom. The summed E-state index contributed by atoms with van der Waals surface area (Å²) in [4.78, 5) is -0.385. The van der Waals surface area contributed by atoms with Gasteiger partial charge in [-0.05, 0) is 31.9 Å². The third-order valence-corrected chi connectivity index (χ3v) is 5.31. The first-order valence-electron chi connectivity index (χ1n) is 6.88. The second-order valence-electron chi connectivity index (χ2n) is 6.08. The highest BCUT2D eigenvalue weighted by molar-refractivity contribution is 7.89. The Labute approximate surface area is 130 Å². The summed E-state index contributed by atoms with van der Waals surface area (Å²) in [6.45, 7) is 5.88. The molecule has 0 radical (unpaired) electrons. The molecule has 1 aromatic carbocycles. The predicted octanol–water partition coefficient (Wildman–Crippen LogP) is 2.81. The van der Waals surface area contributed by atoms with Crippen LogP contribution in [-0.4, -0.2) is 20.0 Å². The van der Waals surface area contributed by atoms with Gasteiger partial charge in [-0.25, -0.2) is 17.5 Å². The Balaban J connectivity index is 2.34. The van der Waals surface area contributed by atoms with Crippen LogP contribution in [0.15, 0.2) is 17.0 Å². The molecule has 2 N–H and O–H groups in total. The summed E-state index contributed by atoms with van der Waals surface area (Å²) >= 11 is 5.94. The zero-order valence-electron chi connectivity index (χ0n) is 12.3. The number of hydrogen-bond donors (Lipinski definition) is 2. The molecule has 0 atom stereocenters. The fourth-order valence-corrected chi connectivity index (χ4v) is 3.84. The van der Waals surface area contributed by atoms with Crippen molar-refractivity contribution in [3.63, 3.8) is 0 Å². The highest BCUT2D eigenvalue weighted by Crippen LogP contribution is 2.36. The molecule has 0 aliphatic heterocycles. The van der Waals surface area contributed by atoms with Crippen LogP contribution in [-0.2, 0) is 16.6 Å². The molecule has 1 saturated carbocycles. The molecular weight excluding hydrogens is 315 g/mol. The monoisotopic (exact) mass is 334 g/mol. The second kappa shape index (κ2) is 5.83. The van der Waals surface area contributed by atoms with E-state index in [0.29, 0.717) is 0 Å². The lowest BCUT2D eigenvalue weighted by Gasteiger charge is -2.15. The van der Waals surface area contributed by atoms with Crippen LogP contribution in [0.3, 0.4) is 0 Å². The lowest BCUT2D eigenvalue weighted by atomic mass is 10.2. The lowest BCUT2D eigenvalue weighted by Crippen LogP contribution is -2.35. The van der Waals surface area contributed by atoms with Gasteiger partial charge in [-0.3, -0.25) is 0 Å². The maximum Gasteiger partial charge on any atom is 0.244 e. The fourth-order valence-electron chi connectivity index (χ4n) is 1.93. The molecule has 1 fully saturated rings. The maximum atomic E-state index is 14.5. The van der Waals surface area contributed by atoms with Gasteiger partial charge in [0.2, 0.25) is 10.0 Å². The van der Waals surface area contributed by atoms with E-state index >= 15 is 0 Å². The van der Waals surface area contributed by atoms with Crippen molar-refractivity contribution >= 4 is 21.6 Å². The summed E-state index contributed by atoms with van der Waals surface area (Å²) in [6.07, 6.45) is 1.52. The van der Waals surface area contributed by atoms with Gasteiger partial charge in [0.25, 0.3) is 0 Å². The molecule has 0 bridgehead atoms. The maximum absolute atomic E-state index is 14.5. The first-order valence-corrected chi connectivity index (χ1v) is 8.74. The van der Waals surface area contributed by atoms with E-state index in [1.807, 2.05) is 13.8 Å². The van der Waals surface area contributed by atoms with Crippen molar-refractivity contribution in [1.29, 1.82) is 0 Å². The van der Waals surface area contributed by atoms with Crippen molar-refractivity contribution in [3.8, 4) is 0 Å². The molecule has 21 heavy (non-hydrogen) atoms. The van der Waals surface area contributed by atoms with Gasteiger partial charge in [-0.1, -0.05) is 25.4 Å². The zero-order chi connectivity index (χ0) is 15.8. The quantitative estimate of drug-likeness (QED) is 0.841. The van der Waals surface area contributed by atoms with Gasteiger partial charge in [0.05, 0.1) is 0 Å². The molecule has 118 valence electrons. The van der Waals surface area contributed by atoms with E-state index in [2.05, 4.69) is 10.0 Å². The molecule has 1 aliphatic carbocycles. The minimum atomic E-state index is -3.91. The van der Waals surface area contributed by atoms with E-state index in [-0.39, 0.29) is 28.1 Å². The lowest BCUT2D eigenvalue weighted by molar-refractivity contribution is 0.522. The molecule has 4 nitrogen and oxygen atoms in total. The number of rotatable bonds is 6. The Hall–Kier alpha value is -0.690. The van der Waals surface area contributed by atoms with Crippen molar-refractivity contribution in [2.45, 2.75) is 56.6 Å². The largest absolute Gasteiger partial charge is 0.310 e. The van der Waals surface area contributed by atoms with Crippen molar-refractivity contribution in [3.05, 3.63) is 28.5 Å². The summed E-state index contributed by atoms with van der Waals surface area (Å²) in [6, 6.07) is 2.76. The minimum absolute atomic E-state index is 0.159. The minimum Gasteiger partial charge on any atom is -0.310 e. The second-order valence-corrected chi connectivity index (χ2v) is 8.17. The van der Waals surface area contributed by atoms with Gasteiger partial charge < -0.3 is 5.32 Å². The Kier molecular flexibility index (Phi) is 4.63. The van der Waals surface area contributed by atoms with Crippen LogP contribution in [0.4, 0.5) is 4.39 Å². The topological polar surface area (TPSA) is 58.2 Å². The number of sulfonamides is 1. The van der Waals surface area contributed by atoms with Gasteiger partial charge in [-0.15, -0.1) is 0 Å². The predicted molar refractivity (Wildman–Crippen MR) is 81.3 cm³/mol. The van der Waals surface area contributed by atoms with Crippen LogP contribution < -0.4 is 10.0 Å². The van der Waals surface area contributed by atoms with E-state index in [9.17, 15) is 12.8 Å². The molecule has 1 aliphatic rings. The van der Waals surface area contributed by atoms with Crippen molar-refractivity contribution in [2.75, 3.05) is 0 Å². The van der Waals surface area contributed by atoms with Crippen LogP contribution in [0.25, 0.3) is 0 Å². The van der Waals surface area contributed by atoms with E-state index < -0.39 is 21.4 Å². The summed E-state index contributed by atoms with van der Waals surface area (Å²) in [5, 5.41) is 3.26. The van der Waals surface area contributed by atoms with Crippen molar-refractivity contribution in [1.82, 2.24) is 10.0 Å². The van der Waals surface area contributed by atoms with Crippen molar-refractivity contribution < 1.29 is 12.8 Å². The Bertz CT molecular complexity index is 643. The van der Waals surface area contributed by atoms with Crippen LogP contribution in [0.5, 0.6) is 0 Å². The average molecular weight is 335 g/mol. The third-order valence-electron chi connectivity index (χ3n) is 3.45. The molecule has 0 amide bonds. The summed E-state index contributed by atoms with van der Waals surface area (Å²) in [5.41, 5.74) is -0.207. The molecular formula is C14H20ClFN2O2S. The SMILES string of the molecule is CC(C)NCc1cc(Cl)cc(S(=O)(=O)NC2(C)CC2)c1F. The standard InChI is InChI=1S/C14H20ClFN2O2S/c1-9(2)17-8-10-6-11(15)7-12(13(10)16)21(19,20)18-14(3)4-5-14/h6-7,9,17-18H,4-5,8H2,1-3H3. The van der Waals surface area contributed by atoms with Gasteiger partial charge in [0.15, 0.2) is 0 Å². The van der Waals surface area contributed by atoms with E-state index in [1.54, 1.807) is 6.92 Å². The first-order chi connectivity index (χ1) is 9.63. The molecule has 7 heteroatoms. The average Bonchev–Trinajstić information content (AvgIpc) is 3.06. The van der Waals surface area contributed by atoms with Gasteiger partial charge in [-0.2, -0.15) is 0 Å². The summed E-state index contributed by atoms with van der Waals surface area (Å²) < 4.78 is 41.7. The van der Waals surface area contributed by atoms with Gasteiger partial charge >= 0.3 is 0 Å². The highest BCUT2D eigenvalue weighted by atomic mass is 35.5. The smallest absolute Gasteiger partial charge is 0.244 e. The Morgan fingerprint density at radius 2 is 2.00 bits per heavy atom. The molecule has 0 saturated heterocycles. The van der Waals surface area contributed by atoms with Crippen LogP contribution in [0, 0.1) is 5.82 Å². The summed E-state index contributed by atoms with van der Waals surface area (Å²) in [5.74, 6) is -0.746. The fraction of sp³-hybridized carbons (Fsp3) is 0.571. The molecule has 2 rings (SSSR count). The number of halogens is 2. The zero-order valence-corrected chi connectivity index (χ0v) is 13.9. The van der Waals surface area contributed by atoms with Gasteiger partial charge in [0.1, 0.15) is 10.7 Å². The molecule has 0 aromatic heterocycles. The molecule has 1 aromatic rings. The molecule has 0 spiro atoms. The number of nitrogens with one attached hydrogen (secondary N) is 2. The normalized spacial score (nSPS) is 17.2. The summed E-state index contributed by atoms with van der Waals surface area (Å²) in [7, 11) is -3.91. The van der Waals surface area contributed by atoms with Crippen LogP contribution >= 0.6 is 11.6 Å². The van der Waals surface area contributed by atoms with E-state index in [0.717, 1.165) is 18.9 Å². The van der Waals surface area contributed by atoms with E-state index in [1.165, 1.54) is 6.07 Å². The van der Waals surface area contributed by atoms with E-state index in [4.69, 9.17) is 11.6 Å². The number of benzene rings is 1.